The average Bonchev–Trinajstić information content (AvgIpc) is 1.56. The van der Waals surface area contributed by atoms with Crippen molar-refractivity contribution in [1.29, 1.82) is 0 Å². The number of hydrogen-bond donors (Lipinski definition) is 0. The first kappa shape index (κ1) is 84.3. The van der Waals surface area contributed by atoms with Crippen LogP contribution in [0.2, 0.25) is 0 Å². The van der Waals surface area contributed by atoms with Gasteiger partial charge in [-0.1, -0.05) is 305 Å². The van der Waals surface area contributed by atoms with Crippen LogP contribution in [0.15, 0.2) is 431 Å². The van der Waals surface area contributed by atoms with Gasteiger partial charge >= 0.3 is 0 Å². The SMILES string of the molecule is CC1(C)c2cc(-c3nc(-c4cccc5sc6ccccc6c45)nc(-c4cccc5sc6ccccc6c45)n3)ccc2-c2cc3ccccc3cc21.c1ccc(-c2cc(-c3ccccc3)cc(-c3nc(-c4cccc5sc6ccccc6c45)nc(-c4cccc5sc6ccccc6c45)n3)c2)cc1.c1ccc2cc(-c3nc(-c4ccc5sc6ccccc6c5c4)nc(-c4ccc5sc6ccccc6c5c4)n3)ccc2c1. The van der Waals surface area contributed by atoms with Crippen LogP contribution < -0.4 is 0 Å². The van der Waals surface area contributed by atoms with Crippen molar-refractivity contribution in [3.8, 4) is 136 Å². The Bertz CT molecular complexity index is 9820. The Hall–Kier alpha value is -16.7. The molecule has 0 amide bonds. The van der Waals surface area contributed by atoms with E-state index in [0.717, 1.165) is 77.7 Å². The van der Waals surface area contributed by atoms with Crippen molar-refractivity contribution >= 4 is 211 Å². The lowest BCUT2D eigenvalue weighted by Crippen LogP contribution is -2.15. The molecule has 0 radical (unpaired) electrons. The molecule has 0 spiro atoms. The summed E-state index contributed by atoms with van der Waals surface area (Å²) < 4.78 is 15.0. The lowest BCUT2D eigenvalue weighted by Gasteiger charge is -2.22. The number of aromatic nitrogens is 9. The van der Waals surface area contributed by atoms with Gasteiger partial charge in [0.2, 0.25) is 0 Å². The lowest BCUT2D eigenvalue weighted by molar-refractivity contribution is 0.661. The Morgan fingerprint density at radius 3 is 0.832 bits per heavy atom. The number of rotatable bonds is 11. The topological polar surface area (TPSA) is 116 Å². The minimum Gasteiger partial charge on any atom is -0.208 e. The number of fused-ring (bicyclic) bond motifs is 23. The van der Waals surface area contributed by atoms with Crippen molar-refractivity contribution in [3.05, 3.63) is 442 Å². The van der Waals surface area contributed by atoms with E-state index in [2.05, 4.69) is 445 Å². The zero-order valence-electron chi connectivity index (χ0n) is 77.0. The normalized spacial score (nSPS) is 12.3. The zero-order valence-corrected chi connectivity index (χ0v) is 81.9. The molecule has 20 aromatic carbocycles. The Morgan fingerprint density at radius 1 is 0.147 bits per heavy atom. The van der Waals surface area contributed by atoms with Crippen LogP contribution in [0.5, 0.6) is 0 Å². The maximum absolute atomic E-state index is 5.32. The molecule has 15 heteroatoms. The van der Waals surface area contributed by atoms with E-state index in [4.69, 9.17) is 44.9 Å². The third-order valence-corrected chi connectivity index (χ3v) is 34.8. The summed E-state index contributed by atoms with van der Waals surface area (Å²) in [6.07, 6.45) is 0. The maximum Gasteiger partial charge on any atom is 0.164 e. The summed E-state index contributed by atoms with van der Waals surface area (Å²) in [5, 5.41) is 19.5. The Kier molecular flexibility index (Phi) is 20.3. The van der Waals surface area contributed by atoms with Gasteiger partial charge in [-0.15, -0.1) is 68.0 Å². The summed E-state index contributed by atoms with van der Waals surface area (Å²) in [4.78, 5) is 47.1. The van der Waals surface area contributed by atoms with Crippen LogP contribution in [-0.4, -0.2) is 44.9 Å². The molecule has 0 saturated heterocycles. The number of nitrogens with zero attached hydrogens (tertiary/aromatic N) is 9. The van der Waals surface area contributed by atoms with Crippen molar-refractivity contribution < 1.29 is 0 Å². The summed E-state index contributed by atoms with van der Waals surface area (Å²) in [6, 6.07) is 153. The minimum absolute atomic E-state index is 0.175. The molecule has 0 atom stereocenters. The van der Waals surface area contributed by atoms with Crippen molar-refractivity contribution in [2.24, 2.45) is 0 Å². The highest BCUT2D eigenvalue weighted by Crippen LogP contribution is 2.53. The monoisotopic (exact) mass is 1930 g/mol. The molecule has 9 aromatic heterocycles. The highest BCUT2D eigenvalue weighted by molar-refractivity contribution is 7.28. The van der Waals surface area contributed by atoms with Crippen LogP contribution in [0, 0.1) is 0 Å². The van der Waals surface area contributed by atoms with E-state index in [1.165, 1.54) is 159 Å². The second-order valence-electron chi connectivity index (χ2n) is 36.9. The molecule has 0 N–H and O–H groups in total. The molecule has 0 fully saturated rings. The largest absolute Gasteiger partial charge is 0.208 e. The molecule has 0 saturated carbocycles. The molecule has 9 nitrogen and oxygen atoms in total. The highest BCUT2D eigenvalue weighted by atomic mass is 32.1. The van der Waals surface area contributed by atoms with E-state index < -0.39 is 0 Å². The number of thiophene rings is 6. The van der Waals surface area contributed by atoms with Gasteiger partial charge in [0.1, 0.15) is 0 Å². The molecule has 1 aliphatic rings. The molecule has 0 bridgehead atoms. The third kappa shape index (κ3) is 14.7. The average molecular weight is 1930 g/mol. The Balaban J connectivity index is 0.000000105. The first-order valence-electron chi connectivity index (χ1n) is 47.7. The Morgan fingerprint density at radius 2 is 0.420 bits per heavy atom. The van der Waals surface area contributed by atoms with Gasteiger partial charge in [-0.3, -0.25) is 0 Å². The Labute approximate surface area is 845 Å². The summed E-state index contributed by atoms with van der Waals surface area (Å²) in [7, 11) is 0. The summed E-state index contributed by atoms with van der Waals surface area (Å²) in [5.74, 6) is 6.07. The van der Waals surface area contributed by atoms with E-state index in [1.54, 1.807) is 22.7 Å². The summed E-state index contributed by atoms with van der Waals surface area (Å²) >= 11 is 10.9. The van der Waals surface area contributed by atoms with Gasteiger partial charge in [0.15, 0.2) is 52.4 Å². The predicted molar refractivity (Wildman–Crippen MR) is 609 cm³/mol. The van der Waals surface area contributed by atoms with Crippen molar-refractivity contribution in [2.45, 2.75) is 19.3 Å². The highest BCUT2D eigenvalue weighted by Gasteiger charge is 2.37. The van der Waals surface area contributed by atoms with Gasteiger partial charge in [-0.25, -0.2) is 44.9 Å². The van der Waals surface area contributed by atoms with Gasteiger partial charge < -0.3 is 0 Å². The van der Waals surface area contributed by atoms with Gasteiger partial charge in [-0.2, -0.15) is 0 Å². The first-order valence-corrected chi connectivity index (χ1v) is 52.6. The van der Waals surface area contributed by atoms with Crippen LogP contribution in [0.25, 0.3) is 278 Å². The second-order valence-corrected chi connectivity index (χ2v) is 43.4. The van der Waals surface area contributed by atoms with E-state index in [1.807, 2.05) is 45.3 Å². The fraction of sp³-hybridized carbons (Fsp3) is 0.0234. The molecule has 29 aromatic rings. The summed E-state index contributed by atoms with van der Waals surface area (Å²) in [6.45, 7) is 4.68. The third-order valence-electron chi connectivity index (χ3n) is 28.0. The smallest absolute Gasteiger partial charge is 0.164 e. The van der Waals surface area contributed by atoms with Gasteiger partial charge in [0.05, 0.1) is 0 Å². The van der Waals surface area contributed by atoms with Crippen molar-refractivity contribution in [1.82, 2.24) is 44.9 Å². The van der Waals surface area contributed by atoms with Crippen LogP contribution in [-0.2, 0) is 5.41 Å². The molecule has 670 valence electrons. The summed E-state index contributed by atoms with van der Waals surface area (Å²) in [5.41, 5.74) is 18.5. The van der Waals surface area contributed by atoms with E-state index >= 15 is 0 Å². The molecule has 0 unspecified atom stereocenters. The number of hydrogen-bond acceptors (Lipinski definition) is 15. The molecule has 30 rings (SSSR count). The van der Waals surface area contributed by atoms with Crippen LogP contribution in [0.4, 0.5) is 0 Å². The second kappa shape index (κ2) is 34.4. The van der Waals surface area contributed by atoms with Crippen molar-refractivity contribution in [3.63, 3.8) is 0 Å². The van der Waals surface area contributed by atoms with Crippen molar-refractivity contribution in [2.75, 3.05) is 0 Å². The lowest BCUT2D eigenvalue weighted by atomic mass is 9.81. The molecular weight excluding hydrogens is 1860 g/mol. The fourth-order valence-corrected chi connectivity index (χ4v) is 27.8. The number of benzene rings is 20. The van der Waals surface area contributed by atoms with Gasteiger partial charge in [0, 0.05) is 177 Å². The van der Waals surface area contributed by atoms with E-state index in [0.29, 0.717) is 52.4 Å². The van der Waals surface area contributed by atoms with Gasteiger partial charge in [-0.05, 0) is 206 Å². The van der Waals surface area contributed by atoms with Crippen LogP contribution >= 0.6 is 68.0 Å². The quantitative estimate of drug-likeness (QED) is 0.125. The van der Waals surface area contributed by atoms with Gasteiger partial charge in [0.25, 0.3) is 0 Å². The predicted octanol–water partition coefficient (Wildman–Crippen LogP) is 36.8. The maximum atomic E-state index is 5.32. The van der Waals surface area contributed by atoms with E-state index in [-0.39, 0.29) is 5.41 Å². The minimum atomic E-state index is -0.175. The fourth-order valence-electron chi connectivity index (χ4n) is 21.1. The molecule has 1 aliphatic carbocycles. The first-order chi connectivity index (χ1) is 70.5. The zero-order chi connectivity index (χ0) is 94.5. The standard InChI is InChI=1S/C46H29N3S2.C45H27N3S2.C37H21N3S2/c1-46(2)35-25-28(21-22-29(35)34-23-26-11-3-4-12-27(26)24-36(34)46)43-47-44(32-15-9-19-39-41(32)30-13-5-7-17-37(30)50-39)49-45(48-43)33-16-10-20-40-42(33)31-14-6-8-18-38(31)51-40;1-3-13-28(14-4-1)30-25-31(29-15-5-2-6-16-29)27-32(26-30)43-46-44(35-19-11-23-39-41(35)33-17-7-9-21-37(33)49-39)48-45(47-43)36-20-12-24-40-42(36)34-18-8-10-22-38(34)50-40;1-2-8-23-19-24(14-13-22(23)7-1)35-38-36(25-15-17-33-29(20-25)27-9-3-5-11-31(27)41-33)40-37(39-35)26-16-18-34-30(21-26)28-10-4-6-12-32(28)42-34/h3-25H,1-2H3;1-27H;1-21H. The van der Waals surface area contributed by atoms with Crippen LogP contribution in [0.1, 0.15) is 25.0 Å². The molecule has 143 heavy (non-hydrogen) atoms. The molecule has 9 heterocycles. The van der Waals surface area contributed by atoms with E-state index in [9.17, 15) is 0 Å². The molecular formula is C128H77N9S6. The van der Waals surface area contributed by atoms with Crippen LogP contribution in [0.3, 0.4) is 0 Å². The molecule has 0 aliphatic heterocycles.